The minimum absolute atomic E-state index is 0.149. The minimum atomic E-state index is -4.48. The van der Waals surface area contributed by atoms with Crippen molar-refractivity contribution >= 4 is 23.5 Å². The molecule has 0 fully saturated rings. The number of ether oxygens (including phenoxy) is 1. The van der Waals surface area contributed by atoms with Gasteiger partial charge in [-0.1, -0.05) is 35.9 Å². The Labute approximate surface area is 211 Å². The fraction of sp³-hybridized carbons (Fsp3) is 0.259. The molecule has 1 atom stereocenters. The van der Waals surface area contributed by atoms with E-state index < -0.39 is 35.8 Å². The van der Waals surface area contributed by atoms with Crippen LogP contribution in [0.1, 0.15) is 39.5 Å². The van der Waals surface area contributed by atoms with Gasteiger partial charge >= 0.3 is 12.1 Å². The first kappa shape index (κ1) is 25.6. The summed E-state index contributed by atoms with van der Waals surface area (Å²) in [7, 11) is 0. The third-order valence-electron chi connectivity index (χ3n) is 5.96. The van der Waals surface area contributed by atoms with Crippen LogP contribution in [-0.2, 0) is 30.4 Å². The number of carboxylic acids is 1. The van der Waals surface area contributed by atoms with Gasteiger partial charge in [0.15, 0.2) is 0 Å². The quantitative estimate of drug-likeness (QED) is 0.416. The molecule has 1 N–H and O–H groups in total. The van der Waals surface area contributed by atoms with Gasteiger partial charge < -0.3 is 14.7 Å². The Morgan fingerprint density at radius 3 is 2.42 bits per heavy atom. The van der Waals surface area contributed by atoms with E-state index >= 15 is 0 Å². The number of rotatable bonds is 7. The summed E-state index contributed by atoms with van der Waals surface area (Å²) >= 11 is 6.10. The van der Waals surface area contributed by atoms with Crippen molar-refractivity contribution in [1.82, 2.24) is 4.90 Å². The van der Waals surface area contributed by atoms with Crippen molar-refractivity contribution in [3.05, 3.63) is 99.6 Å². The van der Waals surface area contributed by atoms with Crippen LogP contribution >= 0.6 is 11.6 Å². The second-order valence-electron chi connectivity index (χ2n) is 9.11. The van der Waals surface area contributed by atoms with Gasteiger partial charge in [-0.05, 0) is 66.1 Å². The third-order valence-corrected chi connectivity index (χ3v) is 6.20. The maximum Gasteiger partial charge on any atom is 0.416 e. The predicted octanol–water partition coefficient (Wildman–Crippen LogP) is 6.02. The van der Waals surface area contributed by atoms with E-state index in [-0.39, 0.29) is 12.1 Å². The molecule has 4 rings (SSSR count). The number of carbonyl (C=O) groups excluding carboxylic acids is 1. The summed E-state index contributed by atoms with van der Waals surface area (Å²) in [5.41, 5.74) is 1.12. The molecule has 188 valence electrons. The predicted molar refractivity (Wildman–Crippen MR) is 128 cm³/mol. The molecule has 1 amide bonds. The van der Waals surface area contributed by atoms with Gasteiger partial charge in [-0.15, -0.1) is 0 Å². The number of nitrogens with zero attached hydrogens (tertiary/aromatic N) is 1. The van der Waals surface area contributed by atoms with Crippen LogP contribution in [0.5, 0.6) is 5.75 Å². The van der Waals surface area contributed by atoms with Gasteiger partial charge in [0, 0.05) is 30.0 Å². The molecule has 0 unspecified atom stereocenters. The number of benzene rings is 3. The second kappa shape index (κ2) is 9.85. The van der Waals surface area contributed by atoms with Crippen LogP contribution in [-0.4, -0.2) is 34.0 Å². The highest BCUT2D eigenvalue weighted by Crippen LogP contribution is 2.38. The summed E-state index contributed by atoms with van der Waals surface area (Å²) in [5, 5.41) is 9.95. The van der Waals surface area contributed by atoms with E-state index in [0.29, 0.717) is 29.2 Å². The molecular weight excluding hydrogens is 495 g/mol. The van der Waals surface area contributed by atoms with Crippen molar-refractivity contribution in [3.63, 3.8) is 0 Å². The van der Waals surface area contributed by atoms with Gasteiger partial charge in [0.1, 0.15) is 17.9 Å². The molecule has 1 aliphatic rings. The van der Waals surface area contributed by atoms with Gasteiger partial charge in [-0.3, -0.25) is 9.59 Å². The molecular formula is C27H23ClF3NO4. The monoisotopic (exact) mass is 517 g/mol. The summed E-state index contributed by atoms with van der Waals surface area (Å²) in [6.07, 6.45) is -3.35. The zero-order valence-electron chi connectivity index (χ0n) is 19.3. The van der Waals surface area contributed by atoms with Crippen molar-refractivity contribution in [2.45, 2.75) is 38.1 Å². The zero-order chi connectivity index (χ0) is 26.1. The van der Waals surface area contributed by atoms with Gasteiger partial charge in [-0.25, -0.2) is 0 Å². The van der Waals surface area contributed by atoms with E-state index in [0.717, 1.165) is 28.2 Å². The van der Waals surface area contributed by atoms with Crippen LogP contribution in [0.4, 0.5) is 13.2 Å². The summed E-state index contributed by atoms with van der Waals surface area (Å²) < 4.78 is 44.7. The lowest BCUT2D eigenvalue weighted by Crippen LogP contribution is -2.35. The van der Waals surface area contributed by atoms with Crippen LogP contribution in [0.2, 0.25) is 5.02 Å². The van der Waals surface area contributed by atoms with Crippen LogP contribution in [0.25, 0.3) is 0 Å². The number of amides is 1. The number of alkyl halides is 3. The van der Waals surface area contributed by atoms with Crippen LogP contribution in [0, 0.1) is 0 Å². The Bertz CT molecular complexity index is 1290. The summed E-state index contributed by atoms with van der Waals surface area (Å²) in [6.45, 7) is 1.22. The average Bonchev–Trinajstić information content (AvgIpc) is 3.12. The van der Waals surface area contributed by atoms with Crippen LogP contribution < -0.4 is 4.74 Å². The van der Waals surface area contributed by atoms with Gasteiger partial charge in [0.2, 0.25) is 0 Å². The lowest BCUT2D eigenvalue weighted by atomic mass is 9.91. The molecule has 1 heterocycles. The van der Waals surface area contributed by atoms with Crippen molar-refractivity contribution < 1.29 is 32.6 Å². The molecule has 5 nitrogen and oxygen atoms in total. The molecule has 0 radical (unpaired) electrons. The molecule has 36 heavy (non-hydrogen) atoms. The fourth-order valence-electron chi connectivity index (χ4n) is 4.40. The van der Waals surface area contributed by atoms with Crippen molar-refractivity contribution in [2.24, 2.45) is 0 Å². The van der Waals surface area contributed by atoms with E-state index in [2.05, 4.69) is 0 Å². The normalized spacial score (nSPS) is 16.8. The largest absolute Gasteiger partial charge is 0.487 e. The minimum Gasteiger partial charge on any atom is -0.487 e. The smallest absolute Gasteiger partial charge is 0.416 e. The number of halogens is 4. The Morgan fingerprint density at radius 1 is 1.06 bits per heavy atom. The number of fused-ring (bicyclic) bond motifs is 1. The highest BCUT2D eigenvalue weighted by Gasteiger charge is 2.36. The van der Waals surface area contributed by atoms with Gasteiger partial charge in [0.05, 0.1) is 5.56 Å². The third kappa shape index (κ3) is 5.99. The first-order valence-electron chi connectivity index (χ1n) is 11.2. The second-order valence-corrected chi connectivity index (χ2v) is 9.54. The maximum atomic E-state index is 13.2. The molecule has 3 aromatic rings. The average molecular weight is 518 g/mol. The summed E-state index contributed by atoms with van der Waals surface area (Å²) in [6, 6.07) is 16.7. The Kier molecular flexibility index (Phi) is 7.00. The molecule has 3 aromatic carbocycles. The van der Waals surface area contributed by atoms with E-state index in [1.807, 2.05) is 25.1 Å². The SMILES string of the molecule is C[C@]1(Cc2cccc(Cl)c2)Cc2cc(C(=O)N(CC(=O)O)Cc3ccc(C(F)(F)F)cc3)ccc2O1. The van der Waals surface area contributed by atoms with E-state index in [1.165, 1.54) is 12.1 Å². The lowest BCUT2D eigenvalue weighted by Gasteiger charge is -2.24. The number of aliphatic carboxylic acids is 1. The first-order valence-corrected chi connectivity index (χ1v) is 11.5. The van der Waals surface area contributed by atoms with Crippen molar-refractivity contribution in [1.29, 1.82) is 0 Å². The van der Waals surface area contributed by atoms with Crippen LogP contribution in [0.3, 0.4) is 0 Å². The molecule has 0 saturated carbocycles. The standard InChI is InChI=1S/C27H23ClF3NO4/c1-26(13-18-3-2-4-22(28)11-18)14-20-12-19(7-10-23(20)36-26)25(35)32(16-24(33)34)15-17-5-8-21(9-6-17)27(29,30)31/h2-12H,13-16H2,1H3,(H,33,34)/t26-/m0/s1. The van der Waals surface area contributed by atoms with Gasteiger partial charge in [0.25, 0.3) is 5.91 Å². The van der Waals surface area contributed by atoms with E-state index in [1.54, 1.807) is 24.3 Å². The highest BCUT2D eigenvalue weighted by molar-refractivity contribution is 6.30. The number of hydrogen-bond acceptors (Lipinski definition) is 3. The maximum absolute atomic E-state index is 13.2. The Hall–Kier alpha value is -3.52. The molecule has 0 saturated heterocycles. The highest BCUT2D eigenvalue weighted by atomic mass is 35.5. The Morgan fingerprint density at radius 2 is 1.78 bits per heavy atom. The van der Waals surface area contributed by atoms with Crippen molar-refractivity contribution in [3.8, 4) is 5.75 Å². The summed E-state index contributed by atoms with van der Waals surface area (Å²) in [4.78, 5) is 25.7. The Balaban J connectivity index is 1.52. The first-order chi connectivity index (χ1) is 16.9. The van der Waals surface area contributed by atoms with E-state index in [4.69, 9.17) is 16.3 Å². The molecule has 1 aliphatic heterocycles. The fourth-order valence-corrected chi connectivity index (χ4v) is 4.61. The molecule has 0 aliphatic carbocycles. The van der Waals surface area contributed by atoms with Crippen molar-refractivity contribution in [2.75, 3.05) is 6.54 Å². The topological polar surface area (TPSA) is 66.8 Å². The zero-order valence-corrected chi connectivity index (χ0v) is 20.1. The van der Waals surface area contributed by atoms with Crippen LogP contribution in [0.15, 0.2) is 66.7 Å². The van der Waals surface area contributed by atoms with Gasteiger partial charge in [-0.2, -0.15) is 13.2 Å². The molecule has 9 heteroatoms. The summed E-state index contributed by atoms with van der Waals surface area (Å²) in [5.74, 6) is -1.12. The lowest BCUT2D eigenvalue weighted by molar-refractivity contribution is -0.138. The molecule has 0 aromatic heterocycles. The molecule has 0 spiro atoms. The number of hydrogen-bond donors (Lipinski definition) is 1. The molecule has 0 bridgehead atoms. The number of carbonyl (C=O) groups is 2. The van der Waals surface area contributed by atoms with E-state index in [9.17, 15) is 27.9 Å². The number of carboxylic acid groups (broad SMARTS) is 1.